The number of carbonyl (C=O) groups is 1. The molecule has 0 aromatic carbocycles. The Morgan fingerprint density at radius 1 is 1.31 bits per heavy atom. The molecule has 2 atom stereocenters. The van der Waals surface area contributed by atoms with E-state index in [0.717, 1.165) is 24.7 Å². The van der Waals surface area contributed by atoms with Crippen molar-refractivity contribution in [3.8, 4) is 11.8 Å². The van der Waals surface area contributed by atoms with Gasteiger partial charge in [-0.15, -0.1) is 11.8 Å². The van der Waals surface area contributed by atoms with Crippen molar-refractivity contribution in [2.75, 3.05) is 13.2 Å². The highest BCUT2D eigenvalue weighted by molar-refractivity contribution is 5.67. The van der Waals surface area contributed by atoms with Crippen LogP contribution in [0, 0.1) is 29.6 Å². The van der Waals surface area contributed by atoms with Crippen LogP contribution < -0.4 is 5.32 Å². The molecule has 1 N–H and O–H groups in total. The Kier molecular flexibility index (Phi) is 3.71. The standard InChI is InChI=1S/C13H19NO2/c1-2-14-13(15)16-9-12-10-7-5-3-4-6-8-11(10)12/h10-12H,2,5-9H2,1H3,(H,14,15). The molecule has 3 heteroatoms. The van der Waals surface area contributed by atoms with Crippen LogP contribution in [0.25, 0.3) is 0 Å². The van der Waals surface area contributed by atoms with Gasteiger partial charge in [0.1, 0.15) is 0 Å². The van der Waals surface area contributed by atoms with E-state index < -0.39 is 0 Å². The first-order chi connectivity index (χ1) is 7.83. The van der Waals surface area contributed by atoms with E-state index in [0.29, 0.717) is 19.1 Å². The predicted octanol–water partition coefficient (Wildman–Crippen LogP) is 2.17. The molecule has 0 heterocycles. The lowest BCUT2D eigenvalue weighted by Crippen LogP contribution is -2.24. The second kappa shape index (κ2) is 5.25. The smallest absolute Gasteiger partial charge is 0.407 e. The van der Waals surface area contributed by atoms with Crippen LogP contribution in [-0.2, 0) is 4.74 Å². The van der Waals surface area contributed by atoms with E-state index in [1.54, 1.807) is 0 Å². The van der Waals surface area contributed by atoms with Gasteiger partial charge in [0.25, 0.3) is 0 Å². The molecule has 16 heavy (non-hydrogen) atoms. The van der Waals surface area contributed by atoms with Gasteiger partial charge in [0, 0.05) is 19.4 Å². The van der Waals surface area contributed by atoms with Gasteiger partial charge in [-0.1, -0.05) is 0 Å². The maximum atomic E-state index is 11.2. The van der Waals surface area contributed by atoms with Crippen molar-refractivity contribution in [2.45, 2.75) is 32.6 Å². The van der Waals surface area contributed by atoms with Crippen LogP contribution in [0.4, 0.5) is 4.79 Å². The van der Waals surface area contributed by atoms with E-state index >= 15 is 0 Å². The maximum absolute atomic E-state index is 11.2. The number of alkyl carbamates (subject to hydrolysis) is 1. The summed E-state index contributed by atoms with van der Waals surface area (Å²) in [6.45, 7) is 3.11. The van der Waals surface area contributed by atoms with Crippen molar-refractivity contribution in [3.05, 3.63) is 0 Å². The number of carbonyl (C=O) groups excluding carboxylic acids is 1. The molecule has 1 saturated carbocycles. The van der Waals surface area contributed by atoms with E-state index in [1.165, 1.54) is 12.8 Å². The zero-order valence-corrected chi connectivity index (χ0v) is 9.79. The second-order valence-corrected chi connectivity index (χ2v) is 4.55. The molecule has 0 spiro atoms. The molecule has 0 aliphatic heterocycles. The first-order valence-electron chi connectivity index (χ1n) is 6.19. The van der Waals surface area contributed by atoms with Crippen molar-refractivity contribution >= 4 is 6.09 Å². The van der Waals surface area contributed by atoms with Gasteiger partial charge in [-0.2, -0.15) is 0 Å². The topological polar surface area (TPSA) is 38.3 Å². The minimum Gasteiger partial charge on any atom is -0.449 e. The second-order valence-electron chi connectivity index (χ2n) is 4.55. The molecular formula is C13H19NO2. The van der Waals surface area contributed by atoms with E-state index in [-0.39, 0.29) is 6.09 Å². The normalized spacial score (nSPS) is 31.2. The summed E-state index contributed by atoms with van der Waals surface area (Å²) in [5, 5.41) is 2.65. The highest BCUT2D eigenvalue weighted by atomic mass is 16.5. The van der Waals surface area contributed by atoms with Gasteiger partial charge in [0.2, 0.25) is 0 Å². The highest BCUT2D eigenvalue weighted by Gasteiger charge is 2.49. The lowest BCUT2D eigenvalue weighted by molar-refractivity contribution is 0.138. The monoisotopic (exact) mass is 221 g/mol. The molecule has 2 rings (SSSR count). The summed E-state index contributed by atoms with van der Waals surface area (Å²) < 4.78 is 5.19. The fourth-order valence-electron chi connectivity index (χ4n) is 2.65. The fraction of sp³-hybridized carbons (Fsp3) is 0.769. The van der Waals surface area contributed by atoms with Crippen molar-refractivity contribution in [3.63, 3.8) is 0 Å². The average Bonchev–Trinajstić information content (AvgIpc) is 2.86. The average molecular weight is 221 g/mol. The predicted molar refractivity (Wildman–Crippen MR) is 61.7 cm³/mol. The largest absolute Gasteiger partial charge is 0.449 e. The molecular weight excluding hydrogens is 202 g/mol. The van der Waals surface area contributed by atoms with Crippen LogP contribution in [0.3, 0.4) is 0 Å². The Labute approximate surface area is 96.9 Å². The fourth-order valence-corrected chi connectivity index (χ4v) is 2.65. The third-order valence-electron chi connectivity index (χ3n) is 3.57. The summed E-state index contributed by atoms with van der Waals surface area (Å²) >= 11 is 0. The van der Waals surface area contributed by atoms with Crippen LogP contribution in [-0.4, -0.2) is 19.2 Å². The van der Waals surface area contributed by atoms with Crippen LogP contribution in [0.5, 0.6) is 0 Å². The van der Waals surface area contributed by atoms with Gasteiger partial charge in [-0.3, -0.25) is 0 Å². The Hall–Kier alpha value is -1.17. The van der Waals surface area contributed by atoms with Gasteiger partial charge >= 0.3 is 6.09 Å². The minimum atomic E-state index is -0.280. The Morgan fingerprint density at radius 2 is 1.94 bits per heavy atom. The molecule has 88 valence electrons. The number of amides is 1. The van der Waals surface area contributed by atoms with E-state index in [2.05, 4.69) is 17.2 Å². The molecule has 2 unspecified atom stereocenters. The number of fused-ring (bicyclic) bond motifs is 1. The first-order valence-corrected chi connectivity index (χ1v) is 6.19. The Bertz CT molecular complexity index is 298. The van der Waals surface area contributed by atoms with Crippen molar-refractivity contribution in [2.24, 2.45) is 17.8 Å². The molecule has 1 fully saturated rings. The number of rotatable bonds is 3. The Balaban J connectivity index is 1.71. The molecule has 2 aliphatic rings. The van der Waals surface area contributed by atoms with E-state index in [4.69, 9.17) is 4.74 Å². The van der Waals surface area contributed by atoms with Gasteiger partial charge in [-0.25, -0.2) is 4.79 Å². The molecule has 1 amide bonds. The molecule has 0 saturated heterocycles. The summed E-state index contributed by atoms with van der Waals surface area (Å²) in [5.41, 5.74) is 0. The van der Waals surface area contributed by atoms with Gasteiger partial charge in [0.15, 0.2) is 0 Å². The molecule has 0 aromatic rings. The number of nitrogens with one attached hydrogen (secondary N) is 1. The third-order valence-corrected chi connectivity index (χ3v) is 3.57. The van der Waals surface area contributed by atoms with Gasteiger partial charge in [0.05, 0.1) is 6.61 Å². The molecule has 0 radical (unpaired) electrons. The third kappa shape index (κ3) is 2.69. The number of hydrogen-bond acceptors (Lipinski definition) is 2. The van der Waals surface area contributed by atoms with Crippen molar-refractivity contribution < 1.29 is 9.53 Å². The molecule has 0 aromatic heterocycles. The summed E-state index contributed by atoms with van der Waals surface area (Å²) in [4.78, 5) is 11.2. The van der Waals surface area contributed by atoms with Gasteiger partial charge in [-0.05, 0) is 37.5 Å². The highest BCUT2D eigenvalue weighted by Crippen LogP contribution is 2.52. The summed E-state index contributed by atoms with van der Waals surface area (Å²) in [6.07, 6.45) is 4.11. The van der Waals surface area contributed by atoms with Crippen molar-refractivity contribution in [1.82, 2.24) is 5.32 Å². The summed E-state index contributed by atoms with van der Waals surface area (Å²) in [5.74, 6) is 8.45. The minimum absolute atomic E-state index is 0.280. The van der Waals surface area contributed by atoms with Crippen LogP contribution in [0.2, 0.25) is 0 Å². The SMILES string of the molecule is CCNC(=O)OCC1C2CCC#CCCC21. The summed E-state index contributed by atoms with van der Waals surface area (Å²) in [6, 6.07) is 0. The molecule has 0 bridgehead atoms. The first kappa shape index (κ1) is 11.3. The lowest BCUT2D eigenvalue weighted by Gasteiger charge is -2.04. The summed E-state index contributed by atoms with van der Waals surface area (Å²) in [7, 11) is 0. The van der Waals surface area contributed by atoms with Gasteiger partial charge < -0.3 is 10.1 Å². The Morgan fingerprint density at radius 3 is 2.50 bits per heavy atom. The maximum Gasteiger partial charge on any atom is 0.407 e. The van der Waals surface area contributed by atoms with Crippen molar-refractivity contribution in [1.29, 1.82) is 0 Å². The molecule has 2 aliphatic carbocycles. The zero-order chi connectivity index (χ0) is 11.4. The van der Waals surface area contributed by atoms with Crippen LogP contribution in [0.1, 0.15) is 32.6 Å². The van der Waals surface area contributed by atoms with E-state index in [9.17, 15) is 4.79 Å². The lowest BCUT2D eigenvalue weighted by atomic mass is 10.1. The van der Waals surface area contributed by atoms with Crippen LogP contribution >= 0.6 is 0 Å². The van der Waals surface area contributed by atoms with E-state index in [1.807, 2.05) is 6.92 Å². The quantitative estimate of drug-likeness (QED) is 0.742. The number of hydrogen-bond donors (Lipinski definition) is 1. The van der Waals surface area contributed by atoms with Crippen LogP contribution in [0.15, 0.2) is 0 Å². The molecule has 3 nitrogen and oxygen atoms in total. The zero-order valence-electron chi connectivity index (χ0n) is 9.79. The number of ether oxygens (including phenoxy) is 1.